The van der Waals surface area contributed by atoms with Crippen molar-refractivity contribution in [1.29, 1.82) is 0 Å². The van der Waals surface area contributed by atoms with Crippen LogP contribution in [0, 0.1) is 11.8 Å². The number of carbonyl (C=O) groups is 1. The molecule has 1 rings (SSSR count). The molecule has 0 fully saturated rings. The Hall–Kier alpha value is -1.62. The molecule has 1 heterocycles. The van der Waals surface area contributed by atoms with Gasteiger partial charge < -0.3 is 15.8 Å². The maximum atomic E-state index is 12.1. The van der Waals surface area contributed by atoms with E-state index in [2.05, 4.69) is 10.3 Å². The molecule has 112 valence electrons. The summed E-state index contributed by atoms with van der Waals surface area (Å²) in [6.45, 7) is 8.63. The minimum Gasteiger partial charge on any atom is -0.475 e. The molecule has 1 unspecified atom stereocenters. The van der Waals surface area contributed by atoms with Gasteiger partial charge in [-0.05, 0) is 25.8 Å². The molecule has 5 nitrogen and oxygen atoms in total. The van der Waals surface area contributed by atoms with Crippen molar-refractivity contribution >= 4 is 5.91 Å². The summed E-state index contributed by atoms with van der Waals surface area (Å²) in [5.41, 5.74) is 6.51. The number of nitrogens with two attached hydrogens (primary N) is 1. The van der Waals surface area contributed by atoms with Crippen LogP contribution in [0.1, 0.15) is 33.3 Å². The summed E-state index contributed by atoms with van der Waals surface area (Å²) in [6, 6.07) is 3.73. The van der Waals surface area contributed by atoms with Gasteiger partial charge in [0.05, 0.1) is 12.0 Å². The largest absolute Gasteiger partial charge is 0.475 e. The van der Waals surface area contributed by atoms with Crippen LogP contribution in [0.25, 0.3) is 0 Å². The summed E-state index contributed by atoms with van der Waals surface area (Å²) in [6.07, 6.45) is 1.73. The first-order chi connectivity index (χ1) is 9.45. The van der Waals surface area contributed by atoms with Crippen LogP contribution in [-0.2, 0) is 11.3 Å². The number of pyridine rings is 1. The van der Waals surface area contributed by atoms with Gasteiger partial charge in [0, 0.05) is 24.8 Å². The summed E-state index contributed by atoms with van der Waals surface area (Å²) < 4.78 is 5.62. The fourth-order valence-corrected chi connectivity index (χ4v) is 1.88. The number of carbonyl (C=O) groups excluding carboxylic acids is 1. The first kappa shape index (κ1) is 16.4. The van der Waals surface area contributed by atoms with E-state index in [1.165, 1.54) is 0 Å². The van der Waals surface area contributed by atoms with E-state index in [-0.39, 0.29) is 23.8 Å². The molecule has 1 atom stereocenters. The maximum absolute atomic E-state index is 12.1. The van der Waals surface area contributed by atoms with E-state index in [1.54, 1.807) is 6.20 Å². The molecule has 5 heteroatoms. The molecule has 1 amide bonds. The second-order valence-electron chi connectivity index (χ2n) is 5.44. The molecule has 0 saturated heterocycles. The van der Waals surface area contributed by atoms with Crippen molar-refractivity contribution < 1.29 is 9.53 Å². The molecule has 0 radical (unpaired) electrons. The SMILES string of the molecule is CC(C)Oc1ncccc1CNC(=O)C(CN)C(C)C. The molecule has 1 aromatic rings. The van der Waals surface area contributed by atoms with E-state index >= 15 is 0 Å². The molecule has 0 aliphatic heterocycles. The van der Waals surface area contributed by atoms with Crippen molar-refractivity contribution in [2.75, 3.05) is 6.54 Å². The Balaban J connectivity index is 2.67. The Kier molecular flexibility index (Phi) is 6.45. The third kappa shape index (κ3) is 4.81. The van der Waals surface area contributed by atoms with E-state index in [9.17, 15) is 4.79 Å². The first-order valence-electron chi connectivity index (χ1n) is 7.04. The van der Waals surface area contributed by atoms with Gasteiger partial charge in [-0.1, -0.05) is 19.9 Å². The zero-order chi connectivity index (χ0) is 15.1. The quantitative estimate of drug-likeness (QED) is 0.796. The molecule has 0 aliphatic carbocycles. The Morgan fingerprint density at radius 1 is 1.40 bits per heavy atom. The Morgan fingerprint density at radius 2 is 2.10 bits per heavy atom. The van der Waals surface area contributed by atoms with E-state index in [0.717, 1.165) is 5.56 Å². The lowest BCUT2D eigenvalue weighted by Gasteiger charge is -2.19. The number of nitrogens with one attached hydrogen (secondary N) is 1. The number of aromatic nitrogens is 1. The highest BCUT2D eigenvalue weighted by Crippen LogP contribution is 2.16. The summed E-state index contributed by atoms with van der Waals surface area (Å²) in [5, 5.41) is 2.91. The third-order valence-corrected chi connectivity index (χ3v) is 3.05. The van der Waals surface area contributed by atoms with Crippen LogP contribution >= 0.6 is 0 Å². The predicted octanol–water partition coefficient (Wildman–Crippen LogP) is 1.72. The average molecular weight is 279 g/mol. The van der Waals surface area contributed by atoms with Gasteiger partial charge in [0.15, 0.2) is 0 Å². The highest BCUT2D eigenvalue weighted by molar-refractivity contribution is 5.79. The third-order valence-electron chi connectivity index (χ3n) is 3.05. The predicted molar refractivity (Wildman–Crippen MR) is 79.2 cm³/mol. The van der Waals surface area contributed by atoms with Gasteiger partial charge in [-0.15, -0.1) is 0 Å². The van der Waals surface area contributed by atoms with Gasteiger partial charge in [-0.2, -0.15) is 0 Å². The van der Waals surface area contributed by atoms with Gasteiger partial charge in [-0.25, -0.2) is 4.98 Å². The standard InChI is InChI=1S/C15H25N3O2/c1-10(2)13(8-16)14(19)18-9-12-6-5-7-17-15(12)20-11(3)4/h5-7,10-11,13H,8-9,16H2,1-4H3,(H,18,19). The minimum atomic E-state index is -0.166. The zero-order valence-corrected chi connectivity index (χ0v) is 12.7. The van der Waals surface area contributed by atoms with Crippen molar-refractivity contribution in [2.24, 2.45) is 17.6 Å². The van der Waals surface area contributed by atoms with Crippen LogP contribution in [0.2, 0.25) is 0 Å². The van der Waals surface area contributed by atoms with Crippen LogP contribution in [0.4, 0.5) is 0 Å². The molecule has 0 saturated carbocycles. The summed E-state index contributed by atoms with van der Waals surface area (Å²) in [5.74, 6) is 0.597. The first-order valence-corrected chi connectivity index (χ1v) is 7.04. The smallest absolute Gasteiger partial charge is 0.224 e. The van der Waals surface area contributed by atoms with Crippen molar-refractivity contribution in [3.8, 4) is 5.88 Å². The Morgan fingerprint density at radius 3 is 2.65 bits per heavy atom. The summed E-state index contributed by atoms with van der Waals surface area (Å²) in [7, 11) is 0. The summed E-state index contributed by atoms with van der Waals surface area (Å²) in [4.78, 5) is 16.3. The molecule has 0 aromatic carbocycles. The van der Waals surface area contributed by atoms with Gasteiger partial charge in [-0.3, -0.25) is 4.79 Å². The number of nitrogens with zero attached hydrogens (tertiary/aromatic N) is 1. The van der Waals surface area contributed by atoms with E-state index in [1.807, 2.05) is 39.8 Å². The van der Waals surface area contributed by atoms with Crippen molar-refractivity contribution in [2.45, 2.75) is 40.3 Å². The van der Waals surface area contributed by atoms with Crippen LogP contribution in [-0.4, -0.2) is 23.5 Å². The van der Waals surface area contributed by atoms with E-state index in [0.29, 0.717) is 19.0 Å². The lowest BCUT2D eigenvalue weighted by Crippen LogP contribution is -2.37. The lowest BCUT2D eigenvalue weighted by atomic mass is 9.95. The van der Waals surface area contributed by atoms with Crippen LogP contribution in [0.15, 0.2) is 18.3 Å². The number of amides is 1. The molecule has 0 spiro atoms. The van der Waals surface area contributed by atoms with Crippen molar-refractivity contribution in [3.63, 3.8) is 0 Å². The molecular weight excluding hydrogens is 254 g/mol. The fraction of sp³-hybridized carbons (Fsp3) is 0.600. The Labute approximate surface area is 120 Å². The van der Waals surface area contributed by atoms with E-state index < -0.39 is 0 Å². The normalized spacial score (nSPS) is 12.6. The second kappa shape index (κ2) is 7.85. The van der Waals surface area contributed by atoms with Gasteiger partial charge in [0.2, 0.25) is 11.8 Å². The molecular formula is C15H25N3O2. The molecule has 1 aromatic heterocycles. The van der Waals surface area contributed by atoms with Gasteiger partial charge >= 0.3 is 0 Å². The summed E-state index contributed by atoms with van der Waals surface area (Å²) >= 11 is 0. The molecule has 0 bridgehead atoms. The second-order valence-corrected chi connectivity index (χ2v) is 5.44. The number of rotatable bonds is 7. The van der Waals surface area contributed by atoms with Crippen LogP contribution < -0.4 is 15.8 Å². The number of ether oxygens (including phenoxy) is 1. The molecule has 3 N–H and O–H groups in total. The maximum Gasteiger partial charge on any atom is 0.224 e. The zero-order valence-electron chi connectivity index (χ0n) is 12.7. The van der Waals surface area contributed by atoms with E-state index in [4.69, 9.17) is 10.5 Å². The highest BCUT2D eigenvalue weighted by atomic mass is 16.5. The highest BCUT2D eigenvalue weighted by Gasteiger charge is 2.20. The lowest BCUT2D eigenvalue weighted by molar-refractivity contribution is -0.126. The molecule has 20 heavy (non-hydrogen) atoms. The minimum absolute atomic E-state index is 0.0261. The average Bonchev–Trinajstić information content (AvgIpc) is 2.37. The van der Waals surface area contributed by atoms with Crippen LogP contribution in [0.3, 0.4) is 0 Å². The van der Waals surface area contributed by atoms with Gasteiger partial charge in [0.25, 0.3) is 0 Å². The molecule has 0 aliphatic rings. The monoisotopic (exact) mass is 279 g/mol. The Bertz CT molecular complexity index is 433. The van der Waals surface area contributed by atoms with Crippen molar-refractivity contribution in [1.82, 2.24) is 10.3 Å². The fourth-order valence-electron chi connectivity index (χ4n) is 1.88. The number of hydrogen-bond donors (Lipinski definition) is 2. The van der Waals surface area contributed by atoms with Crippen LogP contribution in [0.5, 0.6) is 5.88 Å². The topological polar surface area (TPSA) is 77.2 Å². The van der Waals surface area contributed by atoms with Crippen molar-refractivity contribution in [3.05, 3.63) is 23.9 Å². The van der Waals surface area contributed by atoms with Gasteiger partial charge in [0.1, 0.15) is 0 Å². The number of hydrogen-bond acceptors (Lipinski definition) is 4.